The van der Waals surface area contributed by atoms with Gasteiger partial charge in [0.25, 0.3) is 0 Å². The van der Waals surface area contributed by atoms with Gasteiger partial charge in [-0.3, -0.25) is 9.69 Å². The van der Waals surface area contributed by atoms with E-state index in [-0.39, 0.29) is 11.5 Å². The lowest BCUT2D eigenvalue weighted by molar-refractivity contribution is -0.118. The van der Waals surface area contributed by atoms with Gasteiger partial charge in [0.15, 0.2) is 0 Å². The summed E-state index contributed by atoms with van der Waals surface area (Å²) >= 11 is 0. The van der Waals surface area contributed by atoms with Crippen molar-refractivity contribution in [1.29, 1.82) is 0 Å². The van der Waals surface area contributed by atoms with Crippen LogP contribution in [0, 0.1) is 0 Å². The summed E-state index contributed by atoms with van der Waals surface area (Å²) in [6.07, 6.45) is 5.98. The summed E-state index contributed by atoms with van der Waals surface area (Å²) in [6, 6.07) is 3.00. The molecule has 0 saturated heterocycles. The minimum atomic E-state index is -1.02. The van der Waals surface area contributed by atoms with E-state index in [2.05, 4.69) is 11.9 Å². The van der Waals surface area contributed by atoms with Gasteiger partial charge < -0.3 is 5.11 Å². The second kappa shape index (κ2) is 7.51. The highest BCUT2D eigenvalue weighted by Gasteiger charge is 2.12. The van der Waals surface area contributed by atoms with Crippen LogP contribution < -0.4 is 4.90 Å². The normalized spacial score (nSPS) is 10.2. The zero-order valence-electron chi connectivity index (χ0n) is 11.4. The van der Waals surface area contributed by atoms with Crippen LogP contribution in [-0.4, -0.2) is 29.0 Å². The first kappa shape index (κ1) is 15.1. The third kappa shape index (κ3) is 4.69. The van der Waals surface area contributed by atoms with E-state index in [0.29, 0.717) is 12.2 Å². The highest BCUT2D eigenvalue weighted by Crippen LogP contribution is 2.12. The van der Waals surface area contributed by atoms with Crippen molar-refractivity contribution in [2.75, 3.05) is 11.9 Å². The van der Waals surface area contributed by atoms with E-state index in [4.69, 9.17) is 5.11 Å². The molecule has 0 radical (unpaired) electrons. The quantitative estimate of drug-likeness (QED) is 0.769. The van der Waals surface area contributed by atoms with Crippen LogP contribution in [0.2, 0.25) is 0 Å². The number of carboxylic acids is 1. The van der Waals surface area contributed by atoms with Crippen LogP contribution >= 0.6 is 0 Å². The van der Waals surface area contributed by atoms with Crippen LogP contribution in [0.3, 0.4) is 0 Å². The molecular formula is C14H20N2O3. The van der Waals surface area contributed by atoms with Crippen molar-refractivity contribution in [3.05, 3.63) is 23.9 Å². The molecule has 19 heavy (non-hydrogen) atoms. The molecule has 1 aromatic heterocycles. The number of carboxylic acid groups (broad SMARTS) is 1. The Labute approximate surface area is 113 Å². The third-order valence-electron chi connectivity index (χ3n) is 2.96. The fourth-order valence-electron chi connectivity index (χ4n) is 1.71. The van der Waals surface area contributed by atoms with Crippen LogP contribution in [0.25, 0.3) is 0 Å². The summed E-state index contributed by atoms with van der Waals surface area (Å²) in [5, 5.41) is 8.77. The summed E-state index contributed by atoms with van der Waals surface area (Å²) < 4.78 is 0. The second-order valence-electron chi connectivity index (χ2n) is 4.47. The van der Waals surface area contributed by atoms with Gasteiger partial charge in [-0.2, -0.15) is 0 Å². The Morgan fingerprint density at radius 3 is 2.53 bits per heavy atom. The van der Waals surface area contributed by atoms with Crippen molar-refractivity contribution < 1.29 is 14.7 Å². The van der Waals surface area contributed by atoms with Crippen molar-refractivity contribution in [3.63, 3.8) is 0 Å². The number of aromatic nitrogens is 1. The molecule has 1 rings (SSSR count). The van der Waals surface area contributed by atoms with E-state index in [0.717, 1.165) is 25.7 Å². The number of rotatable bonds is 7. The predicted octanol–water partition coefficient (Wildman–Crippen LogP) is 2.71. The molecule has 1 aromatic rings. The predicted molar refractivity (Wildman–Crippen MR) is 73.4 cm³/mol. The smallest absolute Gasteiger partial charge is 0.337 e. The number of hydrogen-bond acceptors (Lipinski definition) is 3. The number of nitrogens with zero attached hydrogens (tertiary/aromatic N) is 2. The van der Waals surface area contributed by atoms with Gasteiger partial charge in [0, 0.05) is 19.7 Å². The maximum absolute atomic E-state index is 11.9. The molecule has 0 saturated carbocycles. The number of carbonyl (C=O) groups is 2. The first-order chi connectivity index (χ1) is 9.06. The van der Waals surface area contributed by atoms with Crippen molar-refractivity contribution in [2.45, 2.75) is 39.0 Å². The van der Waals surface area contributed by atoms with Crippen LogP contribution in [0.15, 0.2) is 18.3 Å². The number of amides is 1. The summed E-state index contributed by atoms with van der Waals surface area (Å²) in [5.41, 5.74) is 0.118. The SMILES string of the molecule is CCCCCCC(=O)N(C)c1ccc(C(=O)O)cn1. The van der Waals surface area contributed by atoms with E-state index in [9.17, 15) is 9.59 Å². The van der Waals surface area contributed by atoms with E-state index in [1.54, 1.807) is 13.1 Å². The maximum atomic E-state index is 11.9. The number of unbranched alkanes of at least 4 members (excludes halogenated alkanes) is 3. The molecule has 5 nitrogen and oxygen atoms in total. The Morgan fingerprint density at radius 1 is 1.26 bits per heavy atom. The Morgan fingerprint density at radius 2 is 2.00 bits per heavy atom. The molecule has 0 bridgehead atoms. The first-order valence-corrected chi connectivity index (χ1v) is 6.52. The van der Waals surface area contributed by atoms with Gasteiger partial charge >= 0.3 is 5.97 Å². The van der Waals surface area contributed by atoms with Crippen LogP contribution in [-0.2, 0) is 4.79 Å². The van der Waals surface area contributed by atoms with E-state index in [1.807, 2.05) is 0 Å². The molecule has 104 valence electrons. The van der Waals surface area contributed by atoms with Gasteiger partial charge in [0.05, 0.1) is 5.56 Å². The number of aromatic carboxylic acids is 1. The van der Waals surface area contributed by atoms with Gasteiger partial charge in [-0.15, -0.1) is 0 Å². The molecule has 1 heterocycles. The van der Waals surface area contributed by atoms with Crippen LogP contribution in [0.5, 0.6) is 0 Å². The first-order valence-electron chi connectivity index (χ1n) is 6.52. The zero-order valence-corrected chi connectivity index (χ0v) is 11.4. The Kier molecular flexibility index (Phi) is 5.99. The average Bonchev–Trinajstić information content (AvgIpc) is 2.42. The second-order valence-corrected chi connectivity index (χ2v) is 4.47. The summed E-state index contributed by atoms with van der Waals surface area (Å²) in [6.45, 7) is 2.13. The standard InChI is InChI=1S/C14H20N2O3/c1-3-4-5-6-7-13(17)16(2)12-9-8-11(10-15-12)14(18)19/h8-10H,3-7H2,1-2H3,(H,18,19). The molecule has 1 N–H and O–H groups in total. The van der Waals surface area contributed by atoms with Gasteiger partial charge in [0.2, 0.25) is 5.91 Å². The molecule has 0 atom stereocenters. The van der Waals surface area contributed by atoms with Crippen molar-refractivity contribution in [3.8, 4) is 0 Å². The Balaban J connectivity index is 2.54. The molecule has 0 fully saturated rings. The number of hydrogen-bond donors (Lipinski definition) is 1. The lowest BCUT2D eigenvalue weighted by Gasteiger charge is -2.16. The largest absolute Gasteiger partial charge is 0.478 e. The summed E-state index contributed by atoms with van der Waals surface area (Å²) in [4.78, 5) is 28.1. The highest BCUT2D eigenvalue weighted by molar-refractivity contribution is 5.92. The van der Waals surface area contributed by atoms with E-state index >= 15 is 0 Å². The molecule has 0 spiro atoms. The van der Waals surface area contributed by atoms with Crippen molar-refractivity contribution in [2.24, 2.45) is 0 Å². The Bertz CT molecular complexity index is 429. The van der Waals surface area contributed by atoms with Crippen LogP contribution in [0.4, 0.5) is 5.82 Å². The number of anilines is 1. The maximum Gasteiger partial charge on any atom is 0.337 e. The van der Waals surface area contributed by atoms with Gasteiger partial charge in [-0.1, -0.05) is 26.2 Å². The number of carbonyl (C=O) groups excluding carboxylic acids is 1. The lowest BCUT2D eigenvalue weighted by Crippen LogP contribution is -2.26. The molecule has 0 aliphatic carbocycles. The number of pyridine rings is 1. The van der Waals surface area contributed by atoms with Gasteiger partial charge in [-0.05, 0) is 18.6 Å². The monoisotopic (exact) mass is 264 g/mol. The summed E-state index contributed by atoms with van der Waals surface area (Å²) in [5.74, 6) is -0.537. The molecular weight excluding hydrogens is 244 g/mol. The van der Waals surface area contributed by atoms with E-state index < -0.39 is 5.97 Å². The minimum Gasteiger partial charge on any atom is -0.478 e. The summed E-state index contributed by atoms with van der Waals surface area (Å²) in [7, 11) is 1.66. The zero-order chi connectivity index (χ0) is 14.3. The van der Waals surface area contributed by atoms with Crippen molar-refractivity contribution >= 4 is 17.7 Å². The minimum absolute atomic E-state index is 0.00618. The van der Waals surface area contributed by atoms with Crippen molar-refractivity contribution in [1.82, 2.24) is 4.98 Å². The topological polar surface area (TPSA) is 70.5 Å². The fraction of sp³-hybridized carbons (Fsp3) is 0.500. The lowest BCUT2D eigenvalue weighted by atomic mass is 10.1. The van der Waals surface area contributed by atoms with Gasteiger partial charge in [-0.25, -0.2) is 9.78 Å². The highest BCUT2D eigenvalue weighted by atomic mass is 16.4. The molecule has 0 aromatic carbocycles. The Hall–Kier alpha value is -1.91. The molecule has 0 aliphatic heterocycles. The van der Waals surface area contributed by atoms with Crippen LogP contribution in [0.1, 0.15) is 49.4 Å². The fourth-order valence-corrected chi connectivity index (χ4v) is 1.71. The molecule has 1 amide bonds. The van der Waals surface area contributed by atoms with E-state index in [1.165, 1.54) is 17.2 Å². The molecule has 5 heteroatoms. The van der Waals surface area contributed by atoms with Gasteiger partial charge in [0.1, 0.15) is 5.82 Å². The molecule has 0 unspecified atom stereocenters. The molecule has 0 aliphatic rings. The third-order valence-corrected chi connectivity index (χ3v) is 2.96. The average molecular weight is 264 g/mol.